The quantitative estimate of drug-likeness (QED) is 0.733. The lowest BCUT2D eigenvalue weighted by Gasteiger charge is -2.11. The van der Waals surface area contributed by atoms with E-state index in [9.17, 15) is 5.11 Å². The van der Waals surface area contributed by atoms with Crippen LogP contribution in [0.15, 0.2) is 48.0 Å². The number of nitrogens with zero attached hydrogens (tertiary/aromatic N) is 3. The van der Waals surface area contributed by atoms with Crippen LogP contribution < -0.4 is 0 Å². The Morgan fingerprint density at radius 3 is 2.67 bits per heavy atom. The second kappa shape index (κ2) is 6.23. The third kappa shape index (κ3) is 3.16. The van der Waals surface area contributed by atoms with Gasteiger partial charge in [0.25, 0.3) is 0 Å². The Morgan fingerprint density at radius 1 is 1.14 bits per heavy atom. The molecule has 4 nitrogen and oxygen atoms in total. The Bertz CT molecular complexity index is 778. The molecule has 2 heterocycles. The van der Waals surface area contributed by atoms with Crippen LogP contribution in [-0.4, -0.2) is 25.2 Å². The van der Waals surface area contributed by atoms with Gasteiger partial charge in [-0.05, 0) is 17.7 Å². The number of aliphatic hydroxyl groups excluding tert-OH is 1. The lowest BCUT2D eigenvalue weighted by molar-refractivity contribution is 0.204. The number of fused-ring (bicyclic) bond motifs is 1. The lowest BCUT2D eigenvalue weighted by Crippen LogP contribution is -2.01. The predicted octanol–water partition coefficient (Wildman–Crippen LogP) is 3.86. The highest BCUT2D eigenvalue weighted by Crippen LogP contribution is 2.29. The van der Waals surface area contributed by atoms with Crippen molar-refractivity contribution >= 4 is 40.6 Å². The fourth-order valence-electron chi connectivity index (χ4n) is 1.91. The van der Waals surface area contributed by atoms with Crippen molar-refractivity contribution in [2.75, 3.05) is 5.75 Å². The fraction of sp³-hybridized carbons (Fsp3) is 0.143. The number of aromatic nitrogens is 3. The van der Waals surface area contributed by atoms with Gasteiger partial charge in [-0.25, -0.2) is 9.97 Å². The molecule has 0 aliphatic carbocycles. The van der Waals surface area contributed by atoms with Gasteiger partial charge in [0, 0.05) is 30.5 Å². The molecule has 0 bridgehead atoms. The molecule has 3 aromatic rings. The minimum atomic E-state index is -0.651. The zero-order chi connectivity index (χ0) is 14.8. The third-order valence-electron chi connectivity index (χ3n) is 2.99. The highest BCUT2D eigenvalue weighted by molar-refractivity contribution is 7.99. The number of rotatable bonds is 4. The fourth-order valence-corrected chi connectivity index (χ4v) is 3.14. The molecule has 0 saturated heterocycles. The highest BCUT2D eigenvalue weighted by Gasteiger charge is 2.12. The highest BCUT2D eigenvalue weighted by atomic mass is 35.5. The summed E-state index contributed by atoms with van der Waals surface area (Å²) in [7, 11) is 0. The molecule has 0 aliphatic rings. The molecular weight excluding hydrogens is 329 g/mol. The third-order valence-corrected chi connectivity index (χ3v) is 4.77. The van der Waals surface area contributed by atoms with Gasteiger partial charge in [0.05, 0.1) is 16.1 Å². The Kier molecular flexibility index (Phi) is 4.35. The van der Waals surface area contributed by atoms with Crippen LogP contribution in [0, 0.1) is 0 Å². The molecule has 0 unspecified atom stereocenters. The summed E-state index contributed by atoms with van der Waals surface area (Å²) in [6.45, 7) is 0. The van der Waals surface area contributed by atoms with Crippen LogP contribution in [0.1, 0.15) is 11.7 Å². The normalized spacial score (nSPS) is 12.7. The summed E-state index contributed by atoms with van der Waals surface area (Å²) in [4.78, 5) is 8.55. The van der Waals surface area contributed by atoms with E-state index in [-0.39, 0.29) is 0 Å². The van der Waals surface area contributed by atoms with Crippen molar-refractivity contribution in [2.45, 2.75) is 11.1 Å². The smallest absolute Gasteiger partial charge is 0.169 e. The summed E-state index contributed by atoms with van der Waals surface area (Å²) < 4.78 is 1.89. The first-order valence-corrected chi connectivity index (χ1v) is 7.93. The molecule has 0 amide bonds. The van der Waals surface area contributed by atoms with Gasteiger partial charge >= 0.3 is 0 Å². The number of hydrogen-bond donors (Lipinski definition) is 1. The molecule has 108 valence electrons. The van der Waals surface area contributed by atoms with Crippen molar-refractivity contribution in [1.29, 1.82) is 0 Å². The zero-order valence-corrected chi connectivity index (χ0v) is 13.1. The van der Waals surface area contributed by atoms with Gasteiger partial charge in [0.15, 0.2) is 5.65 Å². The van der Waals surface area contributed by atoms with E-state index in [1.54, 1.807) is 30.6 Å². The van der Waals surface area contributed by atoms with Gasteiger partial charge in [-0.1, -0.05) is 41.0 Å². The molecule has 1 aromatic carbocycles. The van der Waals surface area contributed by atoms with Crippen LogP contribution in [0.4, 0.5) is 0 Å². The second-order valence-corrected chi connectivity index (χ2v) is 6.21. The Labute approximate surface area is 135 Å². The lowest BCUT2D eigenvalue weighted by atomic mass is 10.1. The van der Waals surface area contributed by atoms with Crippen molar-refractivity contribution in [3.8, 4) is 0 Å². The van der Waals surface area contributed by atoms with Gasteiger partial charge in [-0.15, -0.1) is 0 Å². The average Bonchev–Trinajstić information content (AvgIpc) is 2.96. The SMILES string of the molecule is O[C@@H](CSc1nccn2ccnc12)c1ccc(Cl)c(Cl)c1. The molecule has 1 N–H and O–H groups in total. The van der Waals surface area contributed by atoms with E-state index in [0.29, 0.717) is 15.8 Å². The summed E-state index contributed by atoms with van der Waals surface area (Å²) in [5.41, 5.74) is 1.51. The van der Waals surface area contributed by atoms with Crippen LogP contribution >= 0.6 is 35.0 Å². The van der Waals surface area contributed by atoms with Crippen LogP contribution in [0.5, 0.6) is 0 Å². The molecule has 0 fully saturated rings. The number of hydrogen-bond acceptors (Lipinski definition) is 4. The Morgan fingerprint density at radius 2 is 1.90 bits per heavy atom. The summed E-state index contributed by atoms with van der Waals surface area (Å²) in [5, 5.41) is 11.9. The van der Waals surface area contributed by atoms with Crippen LogP contribution in [0.2, 0.25) is 10.0 Å². The Balaban J connectivity index is 1.75. The van der Waals surface area contributed by atoms with Crippen LogP contribution in [-0.2, 0) is 0 Å². The molecule has 3 rings (SSSR count). The average molecular weight is 340 g/mol. The zero-order valence-electron chi connectivity index (χ0n) is 10.8. The first-order valence-electron chi connectivity index (χ1n) is 6.18. The first-order chi connectivity index (χ1) is 10.1. The van der Waals surface area contributed by atoms with Gasteiger partial charge < -0.3 is 9.51 Å². The molecule has 0 saturated carbocycles. The maximum Gasteiger partial charge on any atom is 0.169 e. The second-order valence-electron chi connectivity index (χ2n) is 4.39. The Hall–Kier alpha value is -1.27. The van der Waals surface area contributed by atoms with Gasteiger partial charge in [-0.2, -0.15) is 0 Å². The van der Waals surface area contributed by atoms with E-state index in [1.807, 2.05) is 16.8 Å². The monoisotopic (exact) mass is 339 g/mol. The molecular formula is C14H11Cl2N3OS. The van der Waals surface area contributed by atoms with E-state index >= 15 is 0 Å². The summed E-state index contributed by atoms with van der Waals surface area (Å²) >= 11 is 13.3. The van der Waals surface area contributed by atoms with E-state index in [1.165, 1.54) is 11.8 Å². The number of benzene rings is 1. The van der Waals surface area contributed by atoms with E-state index in [4.69, 9.17) is 23.2 Å². The van der Waals surface area contributed by atoms with Crippen molar-refractivity contribution in [2.24, 2.45) is 0 Å². The molecule has 0 aliphatic heterocycles. The minimum Gasteiger partial charge on any atom is -0.388 e. The van der Waals surface area contributed by atoms with Crippen LogP contribution in [0.25, 0.3) is 5.65 Å². The predicted molar refractivity (Wildman–Crippen MR) is 85.1 cm³/mol. The molecule has 0 spiro atoms. The largest absolute Gasteiger partial charge is 0.388 e. The number of imidazole rings is 1. The van der Waals surface area contributed by atoms with Gasteiger partial charge in [0.1, 0.15) is 5.03 Å². The minimum absolute atomic E-state index is 0.437. The summed E-state index contributed by atoms with van der Waals surface area (Å²) in [6, 6.07) is 5.13. The molecule has 1 atom stereocenters. The molecule has 2 aromatic heterocycles. The van der Waals surface area contributed by atoms with Gasteiger partial charge in [-0.3, -0.25) is 0 Å². The van der Waals surface area contributed by atoms with E-state index in [2.05, 4.69) is 9.97 Å². The van der Waals surface area contributed by atoms with Crippen molar-refractivity contribution in [1.82, 2.24) is 14.4 Å². The topological polar surface area (TPSA) is 50.4 Å². The summed E-state index contributed by atoms with van der Waals surface area (Å²) in [6.07, 6.45) is 6.47. The van der Waals surface area contributed by atoms with E-state index < -0.39 is 6.10 Å². The standard InChI is InChI=1S/C14H11Cl2N3OS/c15-10-2-1-9(7-11(10)16)12(20)8-21-14-13-17-3-5-19(13)6-4-18-14/h1-7,12,20H,8H2/t12-/m0/s1. The molecule has 7 heteroatoms. The van der Waals surface area contributed by atoms with Crippen molar-refractivity contribution < 1.29 is 5.11 Å². The summed E-state index contributed by atoms with van der Waals surface area (Å²) in [5.74, 6) is 0.456. The van der Waals surface area contributed by atoms with E-state index in [0.717, 1.165) is 16.2 Å². The maximum absolute atomic E-state index is 10.2. The van der Waals surface area contributed by atoms with Crippen LogP contribution in [0.3, 0.4) is 0 Å². The number of halogens is 2. The van der Waals surface area contributed by atoms with Crippen molar-refractivity contribution in [3.05, 3.63) is 58.6 Å². The van der Waals surface area contributed by atoms with Gasteiger partial charge in [0.2, 0.25) is 0 Å². The first kappa shape index (κ1) is 14.7. The number of aliphatic hydroxyl groups is 1. The maximum atomic E-state index is 10.2. The molecule has 0 radical (unpaired) electrons. The molecule has 21 heavy (non-hydrogen) atoms. The number of thioether (sulfide) groups is 1. The van der Waals surface area contributed by atoms with Crippen molar-refractivity contribution in [3.63, 3.8) is 0 Å².